The molecule has 0 spiro atoms. The molecule has 0 aliphatic carbocycles. The van der Waals surface area contributed by atoms with Crippen molar-refractivity contribution in [3.63, 3.8) is 0 Å². The first-order valence-corrected chi connectivity index (χ1v) is 6.99. The van der Waals surface area contributed by atoms with Crippen molar-refractivity contribution in [3.8, 4) is 0 Å². The van der Waals surface area contributed by atoms with Crippen molar-refractivity contribution >= 4 is 46.6 Å². The number of amides is 1. The lowest BCUT2D eigenvalue weighted by molar-refractivity contribution is -0.133. The lowest BCUT2D eigenvalue weighted by Gasteiger charge is -2.15. The second kappa shape index (κ2) is 7.25. The van der Waals surface area contributed by atoms with Crippen LogP contribution in [0.2, 0.25) is 5.02 Å². The van der Waals surface area contributed by atoms with E-state index in [0.29, 0.717) is 10.7 Å². The van der Waals surface area contributed by atoms with E-state index in [1.54, 1.807) is 12.1 Å². The van der Waals surface area contributed by atoms with Crippen LogP contribution in [0.5, 0.6) is 0 Å². The van der Waals surface area contributed by atoms with Gasteiger partial charge in [-0.2, -0.15) is 0 Å². The Balaban J connectivity index is 2.55. The fourth-order valence-corrected chi connectivity index (χ4v) is 2.26. The Labute approximate surface area is 120 Å². The molecule has 2 N–H and O–H groups in total. The number of thioether (sulfide) groups is 1. The molecule has 0 aliphatic heterocycles. The van der Waals surface area contributed by atoms with Crippen molar-refractivity contribution in [2.45, 2.75) is 0 Å². The quantitative estimate of drug-likeness (QED) is 0.843. The van der Waals surface area contributed by atoms with E-state index in [1.165, 1.54) is 0 Å². The summed E-state index contributed by atoms with van der Waals surface area (Å²) < 4.78 is 0. The maximum Gasteiger partial charge on any atom is 0.313 e. The molecule has 1 aromatic carbocycles. The van der Waals surface area contributed by atoms with E-state index in [-0.39, 0.29) is 17.4 Å². The van der Waals surface area contributed by atoms with E-state index in [4.69, 9.17) is 16.7 Å². The molecule has 19 heavy (non-hydrogen) atoms. The van der Waals surface area contributed by atoms with Crippen LogP contribution < -0.4 is 10.2 Å². The number of hydrogen-bond acceptors (Lipinski definition) is 4. The van der Waals surface area contributed by atoms with Crippen LogP contribution in [0.4, 0.5) is 11.4 Å². The minimum atomic E-state index is -0.934. The number of hydrogen-bond donors (Lipinski definition) is 2. The Morgan fingerprint density at radius 3 is 2.58 bits per heavy atom. The van der Waals surface area contributed by atoms with Gasteiger partial charge in [-0.3, -0.25) is 9.59 Å². The number of halogens is 1. The number of aliphatic carboxylic acids is 1. The first-order valence-electron chi connectivity index (χ1n) is 5.46. The van der Waals surface area contributed by atoms with E-state index in [0.717, 1.165) is 17.4 Å². The third kappa shape index (κ3) is 5.40. The average Bonchev–Trinajstić information content (AvgIpc) is 2.27. The summed E-state index contributed by atoms with van der Waals surface area (Å²) in [5, 5.41) is 11.7. The normalized spacial score (nSPS) is 10.1. The average molecular weight is 303 g/mol. The molecule has 7 heteroatoms. The third-order valence-electron chi connectivity index (χ3n) is 2.17. The first-order chi connectivity index (χ1) is 8.90. The number of carbonyl (C=O) groups excluding carboxylic acids is 1. The number of carboxylic acid groups (broad SMARTS) is 1. The summed E-state index contributed by atoms with van der Waals surface area (Å²) in [6, 6.07) is 5.22. The number of nitrogens with zero attached hydrogens (tertiary/aromatic N) is 1. The Morgan fingerprint density at radius 1 is 1.37 bits per heavy atom. The highest BCUT2D eigenvalue weighted by Crippen LogP contribution is 2.27. The van der Waals surface area contributed by atoms with Crippen molar-refractivity contribution in [1.82, 2.24) is 0 Å². The molecule has 0 radical (unpaired) electrons. The molecular formula is C12H15ClN2O3S. The summed E-state index contributed by atoms with van der Waals surface area (Å²) in [5.41, 5.74) is 1.46. The monoisotopic (exact) mass is 302 g/mol. The molecule has 0 aromatic heterocycles. The molecule has 1 aromatic rings. The summed E-state index contributed by atoms with van der Waals surface area (Å²) in [6.45, 7) is 0. The van der Waals surface area contributed by atoms with Crippen LogP contribution in [0.25, 0.3) is 0 Å². The van der Waals surface area contributed by atoms with E-state index in [1.807, 2.05) is 25.1 Å². The third-order valence-corrected chi connectivity index (χ3v) is 3.39. The highest BCUT2D eigenvalue weighted by molar-refractivity contribution is 8.00. The molecule has 0 aliphatic rings. The minimum absolute atomic E-state index is 0.0895. The SMILES string of the molecule is CN(C)c1ccc(NC(=O)CSCC(=O)O)cc1Cl. The van der Waals surface area contributed by atoms with Crippen molar-refractivity contribution < 1.29 is 14.7 Å². The number of carbonyl (C=O) groups is 2. The van der Waals surface area contributed by atoms with E-state index >= 15 is 0 Å². The van der Waals surface area contributed by atoms with Crippen LogP contribution in [0.15, 0.2) is 18.2 Å². The van der Waals surface area contributed by atoms with Crippen LogP contribution in [0.1, 0.15) is 0 Å². The summed E-state index contributed by atoms with van der Waals surface area (Å²) in [7, 11) is 3.75. The minimum Gasteiger partial charge on any atom is -0.481 e. The van der Waals surface area contributed by atoms with Gasteiger partial charge in [0.15, 0.2) is 0 Å². The molecule has 104 valence electrons. The number of benzene rings is 1. The molecule has 0 heterocycles. The molecule has 1 amide bonds. The predicted octanol–water partition coefficient (Wildman–Crippen LogP) is 2.16. The van der Waals surface area contributed by atoms with E-state index in [2.05, 4.69) is 5.32 Å². The Bertz CT molecular complexity index is 480. The fourth-order valence-electron chi connectivity index (χ4n) is 1.38. The zero-order chi connectivity index (χ0) is 14.4. The Morgan fingerprint density at radius 2 is 2.05 bits per heavy atom. The van der Waals surface area contributed by atoms with Crippen molar-refractivity contribution in [3.05, 3.63) is 23.2 Å². The summed E-state index contributed by atoms with van der Waals surface area (Å²) in [4.78, 5) is 23.7. The number of anilines is 2. The zero-order valence-corrected chi connectivity index (χ0v) is 12.2. The lowest BCUT2D eigenvalue weighted by atomic mass is 10.2. The zero-order valence-electron chi connectivity index (χ0n) is 10.6. The van der Waals surface area contributed by atoms with Gasteiger partial charge in [-0.05, 0) is 18.2 Å². The second-order valence-corrected chi connectivity index (χ2v) is 5.39. The molecule has 0 saturated carbocycles. The summed E-state index contributed by atoms with van der Waals surface area (Å²) in [5.74, 6) is -1.18. The van der Waals surface area contributed by atoms with Crippen LogP contribution in [-0.4, -0.2) is 42.6 Å². The van der Waals surface area contributed by atoms with Crippen molar-refractivity contribution in [1.29, 1.82) is 0 Å². The smallest absolute Gasteiger partial charge is 0.313 e. The highest BCUT2D eigenvalue weighted by Gasteiger charge is 2.07. The van der Waals surface area contributed by atoms with Gasteiger partial charge < -0.3 is 15.3 Å². The number of rotatable bonds is 6. The van der Waals surface area contributed by atoms with Gasteiger partial charge in [-0.15, -0.1) is 11.8 Å². The highest BCUT2D eigenvalue weighted by atomic mass is 35.5. The molecule has 0 atom stereocenters. The van der Waals surface area contributed by atoms with Crippen LogP contribution in [0, 0.1) is 0 Å². The lowest BCUT2D eigenvalue weighted by Crippen LogP contribution is -2.16. The van der Waals surface area contributed by atoms with Crippen LogP contribution in [-0.2, 0) is 9.59 Å². The van der Waals surface area contributed by atoms with Crippen LogP contribution >= 0.6 is 23.4 Å². The largest absolute Gasteiger partial charge is 0.481 e. The Hall–Kier alpha value is -1.40. The molecule has 0 bridgehead atoms. The maximum atomic E-state index is 11.5. The van der Waals surface area contributed by atoms with Crippen molar-refractivity contribution in [2.75, 3.05) is 35.8 Å². The molecule has 1 rings (SSSR count). The van der Waals surface area contributed by atoms with Gasteiger partial charge in [0.25, 0.3) is 0 Å². The number of nitrogens with one attached hydrogen (secondary N) is 1. The summed E-state index contributed by atoms with van der Waals surface area (Å²) >= 11 is 7.13. The van der Waals surface area contributed by atoms with Gasteiger partial charge in [0.2, 0.25) is 5.91 Å². The standard InChI is InChI=1S/C12H15ClN2O3S/c1-15(2)10-4-3-8(5-9(10)13)14-11(16)6-19-7-12(17)18/h3-5H,6-7H2,1-2H3,(H,14,16)(H,17,18). The van der Waals surface area contributed by atoms with E-state index in [9.17, 15) is 9.59 Å². The topological polar surface area (TPSA) is 69.6 Å². The van der Waals surface area contributed by atoms with Crippen molar-refractivity contribution in [2.24, 2.45) is 0 Å². The number of carboxylic acids is 1. The first kappa shape index (κ1) is 15.7. The molecular weight excluding hydrogens is 288 g/mol. The molecule has 5 nitrogen and oxygen atoms in total. The van der Waals surface area contributed by atoms with Gasteiger partial charge in [-0.25, -0.2) is 0 Å². The van der Waals surface area contributed by atoms with Crippen LogP contribution in [0.3, 0.4) is 0 Å². The Kier molecular flexibility index (Phi) is 5.98. The van der Waals surface area contributed by atoms with Gasteiger partial charge in [0.1, 0.15) is 0 Å². The van der Waals surface area contributed by atoms with E-state index < -0.39 is 5.97 Å². The molecule has 0 unspecified atom stereocenters. The predicted molar refractivity (Wildman–Crippen MR) is 79.4 cm³/mol. The van der Waals surface area contributed by atoms with Gasteiger partial charge in [0.05, 0.1) is 22.2 Å². The van der Waals surface area contributed by atoms with Gasteiger partial charge in [-0.1, -0.05) is 11.6 Å². The van der Waals surface area contributed by atoms with Gasteiger partial charge in [0, 0.05) is 19.8 Å². The molecule has 0 saturated heterocycles. The molecule has 0 fully saturated rings. The fraction of sp³-hybridized carbons (Fsp3) is 0.333. The maximum absolute atomic E-state index is 11.5. The second-order valence-electron chi connectivity index (χ2n) is 4.00. The van der Waals surface area contributed by atoms with Gasteiger partial charge >= 0.3 is 5.97 Å². The summed E-state index contributed by atoms with van der Waals surface area (Å²) in [6.07, 6.45) is 0.